The first-order chi connectivity index (χ1) is 9.65. The molecule has 0 fully saturated rings. The molecule has 0 saturated carbocycles. The Hall–Kier alpha value is -2.56. The lowest BCUT2D eigenvalue weighted by Crippen LogP contribution is -2.13. The molecule has 0 aliphatic heterocycles. The standard InChI is InChI=1S/C15H10F2N2O/c16-11-5-6-12(13(17)7-11)15(20)9-19-14-4-2-1-3-10(14)8-18-19/h1-8H,9H2. The molecule has 3 rings (SSSR count). The molecule has 0 atom stereocenters. The van der Waals surface area contributed by atoms with Crippen molar-refractivity contribution in [2.45, 2.75) is 6.54 Å². The van der Waals surface area contributed by atoms with Crippen molar-refractivity contribution in [2.24, 2.45) is 0 Å². The first kappa shape index (κ1) is 12.5. The number of rotatable bonds is 3. The van der Waals surface area contributed by atoms with Gasteiger partial charge in [0.15, 0.2) is 5.78 Å². The molecule has 3 aromatic rings. The number of hydrogen-bond acceptors (Lipinski definition) is 2. The van der Waals surface area contributed by atoms with Gasteiger partial charge in [-0.05, 0) is 18.2 Å². The maximum atomic E-state index is 13.6. The summed E-state index contributed by atoms with van der Waals surface area (Å²) in [5, 5.41) is 5.01. The molecule has 0 N–H and O–H groups in total. The molecule has 0 spiro atoms. The van der Waals surface area contributed by atoms with Crippen molar-refractivity contribution < 1.29 is 13.6 Å². The number of ketones is 1. The molecule has 5 heteroatoms. The molecule has 100 valence electrons. The highest BCUT2D eigenvalue weighted by molar-refractivity contribution is 5.96. The third kappa shape index (κ3) is 2.18. The summed E-state index contributed by atoms with van der Waals surface area (Å²) in [6, 6.07) is 10.3. The van der Waals surface area contributed by atoms with Crippen LogP contribution in [0.15, 0.2) is 48.7 Å². The summed E-state index contributed by atoms with van der Waals surface area (Å²) >= 11 is 0. The number of halogens is 2. The van der Waals surface area contributed by atoms with E-state index >= 15 is 0 Å². The average molecular weight is 272 g/mol. The van der Waals surface area contributed by atoms with Crippen molar-refractivity contribution in [2.75, 3.05) is 0 Å². The zero-order chi connectivity index (χ0) is 14.1. The highest BCUT2D eigenvalue weighted by atomic mass is 19.1. The summed E-state index contributed by atoms with van der Waals surface area (Å²) in [6.45, 7) is -0.0872. The molecular formula is C15H10F2N2O. The lowest BCUT2D eigenvalue weighted by Gasteiger charge is -2.04. The summed E-state index contributed by atoms with van der Waals surface area (Å²) in [7, 11) is 0. The molecule has 0 aliphatic carbocycles. The Balaban J connectivity index is 1.92. The van der Waals surface area contributed by atoms with Gasteiger partial charge in [-0.1, -0.05) is 18.2 Å². The number of carbonyl (C=O) groups is 1. The Morgan fingerprint density at radius 3 is 2.75 bits per heavy atom. The molecule has 3 nitrogen and oxygen atoms in total. The van der Waals surface area contributed by atoms with Crippen LogP contribution in [0.25, 0.3) is 10.9 Å². The molecule has 0 aliphatic rings. The smallest absolute Gasteiger partial charge is 0.187 e. The molecule has 20 heavy (non-hydrogen) atoms. The van der Waals surface area contributed by atoms with Gasteiger partial charge in [0.1, 0.15) is 18.2 Å². The highest BCUT2D eigenvalue weighted by Crippen LogP contribution is 2.15. The van der Waals surface area contributed by atoms with Crippen LogP contribution >= 0.6 is 0 Å². The van der Waals surface area contributed by atoms with Gasteiger partial charge < -0.3 is 0 Å². The Morgan fingerprint density at radius 1 is 1.15 bits per heavy atom. The van der Waals surface area contributed by atoms with Gasteiger partial charge in [0.2, 0.25) is 0 Å². The minimum absolute atomic E-state index is 0.0872. The number of benzene rings is 2. The fourth-order valence-corrected chi connectivity index (χ4v) is 2.09. The number of fused-ring (bicyclic) bond motifs is 1. The molecule has 1 aromatic heterocycles. The second-order valence-corrected chi connectivity index (χ2v) is 4.41. The maximum absolute atomic E-state index is 13.6. The van der Waals surface area contributed by atoms with E-state index in [1.165, 1.54) is 4.68 Å². The number of Topliss-reactive ketones (excluding diaryl/α,β-unsaturated/α-hetero) is 1. The zero-order valence-electron chi connectivity index (χ0n) is 10.4. The molecule has 0 unspecified atom stereocenters. The fourth-order valence-electron chi connectivity index (χ4n) is 2.09. The van der Waals surface area contributed by atoms with Crippen molar-refractivity contribution in [3.8, 4) is 0 Å². The van der Waals surface area contributed by atoms with E-state index in [0.29, 0.717) is 6.07 Å². The summed E-state index contributed by atoms with van der Waals surface area (Å²) in [4.78, 5) is 12.1. The monoisotopic (exact) mass is 272 g/mol. The van der Waals surface area contributed by atoms with E-state index in [0.717, 1.165) is 23.0 Å². The van der Waals surface area contributed by atoms with Gasteiger partial charge in [-0.2, -0.15) is 5.10 Å². The van der Waals surface area contributed by atoms with E-state index in [1.54, 1.807) is 6.20 Å². The van der Waals surface area contributed by atoms with Gasteiger partial charge in [-0.25, -0.2) is 8.78 Å². The average Bonchev–Trinajstić information content (AvgIpc) is 2.82. The van der Waals surface area contributed by atoms with Crippen LogP contribution in [-0.2, 0) is 6.54 Å². The molecule has 0 bridgehead atoms. The van der Waals surface area contributed by atoms with Crippen molar-refractivity contribution in [1.29, 1.82) is 0 Å². The maximum Gasteiger partial charge on any atom is 0.187 e. The number of para-hydroxylation sites is 1. The first-order valence-corrected chi connectivity index (χ1v) is 6.04. The topological polar surface area (TPSA) is 34.9 Å². The number of hydrogen-bond donors (Lipinski definition) is 0. The summed E-state index contributed by atoms with van der Waals surface area (Å²) in [5.41, 5.74) is 0.661. The van der Waals surface area contributed by atoms with E-state index in [9.17, 15) is 13.6 Å². The fraction of sp³-hybridized carbons (Fsp3) is 0.0667. The quantitative estimate of drug-likeness (QED) is 0.686. The van der Waals surface area contributed by atoms with Crippen LogP contribution in [0.1, 0.15) is 10.4 Å². The van der Waals surface area contributed by atoms with Gasteiger partial charge in [-0.15, -0.1) is 0 Å². The summed E-state index contributed by atoms with van der Waals surface area (Å²) in [5.74, 6) is -2.01. The Morgan fingerprint density at radius 2 is 1.95 bits per heavy atom. The highest BCUT2D eigenvalue weighted by Gasteiger charge is 2.14. The first-order valence-electron chi connectivity index (χ1n) is 6.04. The predicted octanol–water partition coefficient (Wildman–Crippen LogP) is 3.20. The molecule has 0 radical (unpaired) electrons. The van der Waals surface area contributed by atoms with Crippen LogP contribution in [-0.4, -0.2) is 15.6 Å². The Kier molecular flexibility index (Phi) is 3.02. The van der Waals surface area contributed by atoms with Crippen LogP contribution in [0.4, 0.5) is 8.78 Å². The molecular weight excluding hydrogens is 262 g/mol. The van der Waals surface area contributed by atoms with Crippen molar-refractivity contribution in [1.82, 2.24) is 9.78 Å². The van der Waals surface area contributed by atoms with Crippen molar-refractivity contribution >= 4 is 16.7 Å². The lowest BCUT2D eigenvalue weighted by atomic mass is 10.1. The van der Waals surface area contributed by atoms with Crippen LogP contribution in [0, 0.1) is 11.6 Å². The van der Waals surface area contributed by atoms with Gasteiger partial charge in [0.25, 0.3) is 0 Å². The molecule has 0 saturated heterocycles. The number of aromatic nitrogens is 2. The van der Waals surface area contributed by atoms with E-state index < -0.39 is 17.4 Å². The molecule has 2 aromatic carbocycles. The second kappa shape index (κ2) is 4.85. The normalized spacial score (nSPS) is 10.9. The van der Waals surface area contributed by atoms with Gasteiger partial charge >= 0.3 is 0 Å². The Labute approximate surface area is 113 Å². The SMILES string of the molecule is O=C(Cn1ncc2ccccc21)c1ccc(F)cc1F. The van der Waals surface area contributed by atoms with E-state index in [-0.39, 0.29) is 12.1 Å². The van der Waals surface area contributed by atoms with Gasteiger partial charge in [-0.3, -0.25) is 9.48 Å². The van der Waals surface area contributed by atoms with E-state index in [2.05, 4.69) is 5.10 Å². The van der Waals surface area contributed by atoms with Gasteiger partial charge in [0, 0.05) is 11.5 Å². The number of carbonyl (C=O) groups excluding carboxylic acids is 1. The third-order valence-electron chi connectivity index (χ3n) is 3.08. The van der Waals surface area contributed by atoms with Gasteiger partial charge in [0.05, 0.1) is 17.3 Å². The van der Waals surface area contributed by atoms with E-state index in [4.69, 9.17) is 0 Å². The van der Waals surface area contributed by atoms with Crippen molar-refractivity contribution in [3.63, 3.8) is 0 Å². The second-order valence-electron chi connectivity index (χ2n) is 4.41. The zero-order valence-corrected chi connectivity index (χ0v) is 10.4. The van der Waals surface area contributed by atoms with Crippen LogP contribution in [0.5, 0.6) is 0 Å². The van der Waals surface area contributed by atoms with Crippen LogP contribution < -0.4 is 0 Å². The lowest BCUT2D eigenvalue weighted by molar-refractivity contribution is 0.0965. The molecule has 1 heterocycles. The van der Waals surface area contributed by atoms with E-state index in [1.807, 2.05) is 24.3 Å². The van der Waals surface area contributed by atoms with Crippen LogP contribution in [0.2, 0.25) is 0 Å². The van der Waals surface area contributed by atoms with Crippen molar-refractivity contribution in [3.05, 3.63) is 65.9 Å². The minimum Gasteiger partial charge on any atom is -0.292 e. The molecule has 0 amide bonds. The minimum atomic E-state index is -0.855. The third-order valence-corrected chi connectivity index (χ3v) is 3.08. The Bertz CT molecular complexity index is 795. The summed E-state index contributed by atoms with van der Waals surface area (Å²) < 4.78 is 27.9. The predicted molar refractivity (Wildman–Crippen MR) is 70.4 cm³/mol. The number of nitrogens with zero attached hydrogens (tertiary/aromatic N) is 2. The van der Waals surface area contributed by atoms with Crippen LogP contribution in [0.3, 0.4) is 0 Å². The largest absolute Gasteiger partial charge is 0.292 e. The summed E-state index contributed by atoms with van der Waals surface area (Å²) in [6.07, 6.45) is 1.64.